The van der Waals surface area contributed by atoms with E-state index in [4.69, 9.17) is 21.1 Å². The minimum absolute atomic E-state index is 0.0700. The molecule has 0 bridgehead atoms. The molecule has 3 heterocycles. The summed E-state index contributed by atoms with van der Waals surface area (Å²) >= 11 is 7.28. The van der Waals surface area contributed by atoms with Crippen molar-refractivity contribution >= 4 is 40.6 Å². The molecule has 0 atom stereocenters. The van der Waals surface area contributed by atoms with Gasteiger partial charge < -0.3 is 14.0 Å². The molecular formula is C24H19ClN2O4S. The molecule has 0 radical (unpaired) electrons. The molecule has 0 N–H and O–H groups in total. The summed E-state index contributed by atoms with van der Waals surface area (Å²) in [5.74, 6) is 0.778. The number of aryl methyl sites for hydroxylation is 1. The van der Waals surface area contributed by atoms with Crippen molar-refractivity contribution in [2.75, 3.05) is 6.79 Å². The maximum atomic E-state index is 13.1. The van der Waals surface area contributed by atoms with Gasteiger partial charge in [-0.3, -0.25) is 14.5 Å². The molecule has 1 saturated heterocycles. The molecule has 0 unspecified atom stereocenters. The summed E-state index contributed by atoms with van der Waals surface area (Å²) in [5.41, 5.74) is 4.62. The Labute approximate surface area is 194 Å². The zero-order valence-corrected chi connectivity index (χ0v) is 19.0. The van der Waals surface area contributed by atoms with Crippen LogP contribution in [0.15, 0.2) is 53.4 Å². The Morgan fingerprint density at radius 3 is 2.53 bits per heavy atom. The van der Waals surface area contributed by atoms with Crippen LogP contribution in [-0.4, -0.2) is 27.4 Å². The van der Waals surface area contributed by atoms with E-state index in [-0.39, 0.29) is 24.5 Å². The van der Waals surface area contributed by atoms with E-state index in [2.05, 4.69) is 4.57 Å². The van der Waals surface area contributed by atoms with Gasteiger partial charge in [0.25, 0.3) is 11.1 Å². The van der Waals surface area contributed by atoms with Crippen molar-refractivity contribution in [1.29, 1.82) is 0 Å². The summed E-state index contributed by atoms with van der Waals surface area (Å²) in [6.07, 6.45) is 1.79. The Balaban J connectivity index is 1.42. The van der Waals surface area contributed by atoms with Crippen molar-refractivity contribution < 1.29 is 19.1 Å². The van der Waals surface area contributed by atoms with Gasteiger partial charge >= 0.3 is 0 Å². The molecule has 1 fully saturated rings. The number of hydrogen-bond donors (Lipinski definition) is 0. The van der Waals surface area contributed by atoms with Crippen LogP contribution in [0.4, 0.5) is 4.79 Å². The Morgan fingerprint density at radius 2 is 1.78 bits per heavy atom. The molecule has 6 nitrogen and oxygen atoms in total. The lowest BCUT2D eigenvalue weighted by Gasteiger charge is -2.14. The van der Waals surface area contributed by atoms with E-state index in [1.165, 1.54) is 4.90 Å². The quantitative estimate of drug-likeness (QED) is 0.461. The fourth-order valence-electron chi connectivity index (χ4n) is 3.94. The standard InChI is InChI=1S/C24H19ClN2O4S/c1-14-8-16(15(2)27(14)18-6-4-3-5-7-18)10-22-23(28)26(24(29)32-22)12-17-9-20-21(11-19(17)25)31-13-30-20/h3-11H,12-13H2,1-2H3/b22-10+. The van der Waals surface area contributed by atoms with Crippen LogP contribution in [0.25, 0.3) is 11.8 Å². The number of fused-ring (bicyclic) bond motifs is 1. The average molecular weight is 467 g/mol. The maximum Gasteiger partial charge on any atom is 0.293 e. The number of amides is 2. The van der Waals surface area contributed by atoms with Crippen LogP contribution in [0.2, 0.25) is 5.02 Å². The predicted octanol–water partition coefficient (Wildman–Crippen LogP) is 5.71. The maximum absolute atomic E-state index is 13.1. The third-order valence-corrected chi connectivity index (χ3v) is 6.77. The fraction of sp³-hybridized carbons (Fsp3) is 0.167. The number of ether oxygens (including phenoxy) is 2. The first-order valence-corrected chi connectivity index (χ1v) is 11.2. The fourth-order valence-corrected chi connectivity index (χ4v) is 4.98. The predicted molar refractivity (Wildman–Crippen MR) is 124 cm³/mol. The molecule has 3 aromatic rings. The largest absolute Gasteiger partial charge is 0.454 e. The second-order valence-electron chi connectivity index (χ2n) is 7.56. The van der Waals surface area contributed by atoms with Crippen LogP contribution in [0.1, 0.15) is 22.5 Å². The first-order chi connectivity index (χ1) is 15.4. The molecule has 32 heavy (non-hydrogen) atoms. The van der Waals surface area contributed by atoms with Gasteiger partial charge in [-0.25, -0.2) is 0 Å². The minimum atomic E-state index is -0.335. The van der Waals surface area contributed by atoms with E-state index in [1.807, 2.05) is 50.2 Å². The molecule has 0 spiro atoms. The highest BCUT2D eigenvalue weighted by molar-refractivity contribution is 8.18. The number of halogens is 1. The normalized spacial score (nSPS) is 16.5. The lowest BCUT2D eigenvalue weighted by Crippen LogP contribution is -2.27. The Kier molecular flexibility index (Phi) is 5.23. The third-order valence-electron chi connectivity index (χ3n) is 5.51. The van der Waals surface area contributed by atoms with Gasteiger partial charge in [-0.2, -0.15) is 0 Å². The Hall–Kier alpha value is -3.16. The van der Waals surface area contributed by atoms with Crippen molar-refractivity contribution in [3.8, 4) is 17.2 Å². The van der Waals surface area contributed by atoms with E-state index in [9.17, 15) is 9.59 Å². The molecule has 162 valence electrons. The zero-order chi connectivity index (χ0) is 22.4. The van der Waals surface area contributed by atoms with Crippen LogP contribution < -0.4 is 9.47 Å². The number of hydrogen-bond acceptors (Lipinski definition) is 5. The molecule has 2 amide bonds. The lowest BCUT2D eigenvalue weighted by molar-refractivity contribution is -0.123. The van der Waals surface area contributed by atoms with E-state index >= 15 is 0 Å². The summed E-state index contributed by atoms with van der Waals surface area (Å²) < 4.78 is 12.8. The van der Waals surface area contributed by atoms with Crippen molar-refractivity contribution in [2.45, 2.75) is 20.4 Å². The van der Waals surface area contributed by atoms with Crippen molar-refractivity contribution in [3.05, 3.63) is 81.0 Å². The van der Waals surface area contributed by atoms with Crippen LogP contribution in [-0.2, 0) is 11.3 Å². The summed E-state index contributed by atoms with van der Waals surface area (Å²) in [5, 5.41) is 0.0931. The molecule has 2 aliphatic rings. The molecule has 2 aliphatic heterocycles. The second kappa shape index (κ2) is 8.07. The van der Waals surface area contributed by atoms with Crippen LogP contribution in [0.5, 0.6) is 11.5 Å². The Bertz CT molecular complexity index is 1280. The number of rotatable bonds is 4. The highest BCUT2D eigenvalue weighted by Crippen LogP contribution is 2.39. The second-order valence-corrected chi connectivity index (χ2v) is 8.96. The van der Waals surface area contributed by atoms with E-state index in [0.717, 1.165) is 34.4 Å². The number of aromatic nitrogens is 1. The monoisotopic (exact) mass is 466 g/mol. The number of para-hydroxylation sites is 1. The number of carbonyl (C=O) groups excluding carboxylic acids is 2. The van der Waals surface area contributed by atoms with Gasteiger partial charge in [0.2, 0.25) is 6.79 Å². The highest BCUT2D eigenvalue weighted by Gasteiger charge is 2.36. The topological polar surface area (TPSA) is 60.8 Å². The van der Waals surface area contributed by atoms with Gasteiger partial charge in [0.1, 0.15) is 0 Å². The van der Waals surface area contributed by atoms with Gasteiger partial charge in [0, 0.05) is 28.2 Å². The van der Waals surface area contributed by atoms with Crippen molar-refractivity contribution in [3.63, 3.8) is 0 Å². The SMILES string of the molecule is Cc1cc(/C=C2/SC(=O)N(Cc3cc4c(cc3Cl)OCO4)C2=O)c(C)n1-c1ccccc1. The number of carbonyl (C=O) groups is 2. The number of nitrogens with zero attached hydrogens (tertiary/aromatic N) is 2. The van der Waals surface area contributed by atoms with Crippen molar-refractivity contribution in [2.24, 2.45) is 0 Å². The number of imide groups is 1. The molecule has 8 heteroatoms. The number of thioether (sulfide) groups is 1. The van der Waals surface area contributed by atoms with Crippen molar-refractivity contribution in [1.82, 2.24) is 9.47 Å². The van der Waals surface area contributed by atoms with Gasteiger partial charge in [-0.05, 0) is 67.1 Å². The van der Waals surface area contributed by atoms with E-state index in [1.54, 1.807) is 18.2 Å². The summed E-state index contributed by atoms with van der Waals surface area (Å²) in [7, 11) is 0. The minimum Gasteiger partial charge on any atom is -0.454 e. The highest BCUT2D eigenvalue weighted by atomic mass is 35.5. The first-order valence-electron chi connectivity index (χ1n) is 10.00. The molecule has 2 aromatic carbocycles. The summed E-state index contributed by atoms with van der Waals surface area (Å²) in [6.45, 7) is 4.22. The van der Waals surface area contributed by atoms with Crippen LogP contribution >= 0.6 is 23.4 Å². The molecule has 1 aromatic heterocycles. The van der Waals surface area contributed by atoms with E-state index in [0.29, 0.717) is 27.0 Å². The first kappa shape index (κ1) is 20.7. The average Bonchev–Trinajstić information content (AvgIpc) is 3.41. The number of benzene rings is 2. The summed E-state index contributed by atoms with van der Waals surface area (Å²) in [6, 6.07) is 15.4. The van der Waals surface area contributed by atoms with Gasteiger partial charge in [-0.1, -0.05) is 29.8 Å². The molecule has 0 saturated carbocycles. The van der Waals surface area contributed by atoms with Gasteiger partial charge in [-0.15, -0.1) is 0 Å². The molecule has 0 aliphatic carbocycles. The molecule has 5 rings (SSSR count). The van der Waals surface area contributed by atoms with Crippen LogP contribution in [0.3, 0.4) is 0 Å². The van der Waals surface area contributed by atoms with E-state index < -0.39 is 0 Å². The Morgan fingerprint density at radius 1 is 1.06 bits per heavy atom. The van der Waals surface area contributed by atoms with Crippen LogP contribution in [0, 0.1) is 13.8 Å². The molecular weight excluding hydrogens is 448 g/mol. The van der Waals surface area contributed by atoms with Gasteiger partial charge in [0.05, 0.1) is 11.4 Å². The zero-order valence-electron chi connectivity index (χ0n) is 17.4. The third kappa shape index (κ3) is 3.57. The smallest absolute Gasteiger partial charge is 0.293 e. The summed E-state index contributed by atoms with van der Waals surface area (Å²) in [4.78, 5) is 27.3. The van der Waals surface area contributed by atoms with Gasteiger partial charge in [0.15, 0.2) is 11.5 Å². The lowest BCUT2D eigenvalue weighted by atomic mass is 10.2.